The van der Waals surface area contributed by atoms with Gasteiger partial charge < -0.3 is 10.1 Å². The lowest BCUT2D eigenvalue weighted by atomic mass is 9.93. The zero-order valence-electron chi connectivity index (χ0n) is 15.4. The first kappa shape index (κ1) is 17.9. The molecule has 1 saturated carbocycles. The number of nitrogens with one attached hydrogen (secondary N) is 1. The van der Waals surface area contributed by atoms with Gasteiger partial charge in [-0.15, -0.1) is 5.10 Å². The first-order valence-electron chi connectivity index (χ1n) is 9.51. The van der Waals surface area contributed by atoms with E-state index in [0.29, 0.717) is 18.8 Å². The number of halogens is 2. The fraction of sp³-hybridized carbons (Fsp3) is 0.368. The van der Waals surface area contributed by atoms with Crippen LogP contribution in [0.15, 0.2) is 43.0 Å². The Balaban J connectivity index is 1.32. The minimum absolute atomic E-state index is 0.144. The summed E-state index contributed by atoms with van der Waals surface area (Å²) in [4.78, 5) is 8.64. The Morgan fingerprint density at radius 1 is 1.00 bits per heavy atom. The highest BCUT2D eigenvalue weighted by atomic mass is 19.3. The molecule has 4 heterocycles. The molecule has 29 heavy (non-hydrogen) atoms. The van der Waals surface area contributed by atoms with Crippen LogP contribution in [0.4, 0.5) is 14.7 Å². The van der Waals surface area contributed by atoms with E-state index >= 15 is 0 Å². The van der Waals surface area contributed by atoms with Gasteiger partial charge in [-0.1, -0.05) is 0 Å². The van der Waals surface area contributed by atoms with Crippen LogP contribution in [0.3, 0.4) is 0 Å². The second-order valence-electron chi connectivity index (χ2n) is 7.10. The number of aromatic nitrogens is 6. The van der Waals surface area contributed by atoms with Crippen molar-refractivity contribution in [1.82, 2.24) is 29.2 Å². The predicted molar refractivity (Wildman–Crippen MR) is 102 cm³/mol. The number of fused-ring (bicyclic) bond motifs is 2. The van der Waals surface area contributed by atoms with Crippen molar-refractivity contribution in [2.75, 3.05) is 5.32 Å². The molecule has 150 valence electrons. The first-order chi connectivity index (χ1) is 14.2. The van der Waals surface area contributed by atoms with Gasteiger partial charge in [0.2, 0.25) is 5.95 Å². The van der Waals surface area contributed by atoms with Crippen LogP contribution in [-0.4, -0.2) is 48.0 Å². The van der Waals surface area contributed by atoms with E-state index in [4.69, 9.17) is 0 Å². The third kappa shape index (κ3) is 3.63. The van der Waals surface area contributed by atoms with Gasteiger partial charge in [-0.3, -0.25) is 0 Å². The highest BCUT2D eigenvalue weighted by Crippen LogP contribution is 2.26. The molecular formula is C19H19F2N7O. The second-order valence-corrected chi connectivity index (χ2v) is 7.10. The molecule has 0 spiro atoms. The minimum Gasteiger partial charge on any atom is -0.350 e. The van der Waals surface area contributed by atoms with Gasteiger partial charge in [-0.25, -0.2) is 19.0 Å². The maximum Gasteiger partial charge on any atom is 0.345 e. The number of alkyl halides is 2. The fourth-order valence-electron chi connectivity index (χ4n) is 3.81. The highest BCUT2D eigenvalue weighted by molar-refractivity contribution is 5.78. The Morgan fingerprint density at radius 2 is 1.86 bits per heavy atom. The van der Waals surface area contributed by atoms with Crippen molar-refractivity contribution in [3.05, 3.63) is 43.0 Å². The SMILES string of the molecule is FC(F)OC1CCC(Nc2ncc3c(-c4ccc5nccn5n4)ccn3n2)CC1. The highest BCUT2D eigenvalue weighted by Gasteiger charge is 2.24. The summed E-state index contributed by atoms with van der Waals surface area (Å²) in [5.41, 5.74) is 3.36. The monoisotopic (exact) mass is 399 g/mol. The van der Waals surface area contributed by atoms with Crippen molar-refractivity contribution in [3.63, 3.8) is 0 Å². The van der Waals surface area contributed by atoms with Crippen molar-refractivity contribution in [1.29, 1.82) is 0 Å². The third-order valence-corrected chi connectivity index (χ3v) is 5.25. The van der Waals surface area contributed by atoms with Gasteiger partial charge in [0.15, 0.2) is 5.65 Å². The summed E-state index contributed by atoms with van der Waals surface area (Å²) in [7, 11) is 0. The summed E-state index contributed by atoms with van der Waals surface area (Å²) in [6.07, 6.45) is 9.44. The Labute approximate surface area is 164 Å². The van der Waals surface area contributed by atoms with Gasteiger partial charge in [0.1, 0.15) is 0 Å². The zero-order valence-corrected chi connectivity index (χ0v) is 15.4. The molecule has 0 amide bonds. The van der Waals surface area contributed by atoms with Crippen molar-refractivity contribution < 1.29 is 13.5 Å². The number of rotatable bonds is 5. The fourth-order valence-corrected chi connectivity index (χ4v) is 3.81. The number of ether oxygens (including phenoxy) is 1. The van der Waals surface area contributed by atoms with Gasteiger partial charge in [0, 0.05) is 30.2 Å². The molecule has 0 unspecified atom stereocenters. The van der Waals surface area contributed by atoms with Crippen LogP contribution >= 0.6 is 0 Å². The summed E-state index contributed by atoms with van der Waals surface area (Å²) in [5.74, 6) is 0.510. The Bertz CT molecular complexity index is 1130. The van der Waals surface area contributed by atoms with Crippen molar-refractivity contribution >= 4 is 17.1 Å². The Hall–Kier alpha value is -3.14. The van der Waals surface area contributed by atoms with E-state index in [1.165, 1.54) is 0 Å². The lowest BCUT2D eigenvalue weighted by molar-refractivity contribution is -0.169. The molecule has 0 aliphatic heterocycles. The molecule has 10 heteroatoms. The van der Waals surface area contributed by atoms with E-state index in [2.05, 4.69) is 30.2 Å². The molecule has 0 aromatic carbocycles. The van der Waals surface area contributed by atoms with Crippen molar-refractivity contribution in [2.24, 2.45) is 0 Å². The molecular weight excluding hydrogens is 380 g/mol. The number of anilines is 1. The minimum atomic E-state index is -2.71. The Kier molecular flexibility index (Phi) is 4.55. The van der Waals surface area contributed by atoms with Crippen molar-refractivity contribution in [3.8, 4) is 11.3 Å². The van der Waals surface area contributed by atoms with Gasteiger partial charge in [-0.05, 0) is 43.9 Å². The molecule has 1 fully saturated rings. The number of imidazole rings is 1. The van der Waals surface area contributed by atoms with Crippen LogP contribution in [-0.2, 0) is 4.74 Å². The molecule has 4 aromatic rings. The summed E-state index contributed by atoms with van der Waals surface area (Å²) >= 11 is 0. The van der Waals surface area contributed by atoms with Crippen LogP contribution < -0.4 is 5.32 Å². The summed E-state index contributed by atoms with van der Waals surface area (Å²) in [6.45, 7) is -2.71. The van der Waals surface area contributed by atoms with Gasteiger partial charge in [0.05, 0.1) is 23.5 Å². The van der Waals surface area contributed by atoms with Crippen LogP contribution in [0.5, 0.6) is 0 Å². The lowest BCUT2D eigenvalue weighted by Gasteiger charge is -2.28. The molecule has 1 aliphatic rings. The predicted octanol–water partition coefficient (Wildman–Crippen LogP) is 3.40. The largest absolute Gasteiger partial charge is 0.350 e. The Morgan fingerprint density at radius 3 is 2.69 bits per heavy atom. The normalized spacial score (nSPS) is 20.0. The van der Waals surface area contributed by atoms with E-state index in [1.807, 2.05) is 24.4 Å². The molecule has 0 radical (unpaired) electrons. The van der Waals surface area contributed by atoms with E-state index in [1.54, 1.807) is 27.6 Å². The lowest BCUT2D eigenvalue weighted by Crippen LogP contribution is -2.31. The van der Waals surface area contributed by atoms with E-state index in [0.717, 1.165) is 35.3 Å². The molecule has 0 atom stereocenters. The number of nitrogens with zero attached hydrogens (tertiary/aromatic N) is 6. The molecule has 1 aliphatic carbocycles. The standard InChI is InChI=1S/C19H19F2N7O/c20-18(21)29-13-3-1-12(2-4-13)24-19-23-11-16-14(7-9-27(16)26-19)15-5-6-17-22-8-10-28(17)25-15/h5-13,18H,1-4H2,(H,24,26). The number of hydrogen-bond acceptors (Lipinski definition) is 6. The van der Waals surface area contributed by atoms with Gasteiger partial charge in [0.25, 0.3) is 0 Å². The maximum atomic E-state index is 12.3. The maximum absolute atomic E-state index is 12.3. The molecule has 8 nitrogen and oxygen atoms in total. The summed E-state index contributed by atoms with van der Waals surface area (Å²) in [6, 6.07) is 5.93. The summed E-state index contributed by atoms with van der Waals surface area (Å²) < 4.78 is 32.7. The van der Waals surface area contributed by atoms with E-state index < -0.39 is 6.61 Å². The van der Waals surface area contributed by atoms with E-state index in [-0.39, 0.29) is 12.1 Å². The van der Waals surface area contributed by atoms with E-state index in [9.17, 15) is 8.78 Å². The summed E-state index contributed by atoms with van der Waals surface area (Å²) in [5, 5.41) is 12.4. The van der Waals surface area contributed by atoms with Gasteiger partial charge in [-0.2, -0.15) is 13.9 Å². The second kappa shape index (κ2) is 7.36. The molecule has 5 rings (SSSR count). The van der Waals surface area contributed by atoms with Crippen LogP contribution in [0.2, 0.25) is 0 Å². The topological polar surface area (TPSA) is 81.6 Å². The smallest absolute Gasteiger partial charge is 0.345 e. The molecule has 1 N–H and O–H groups in total. The van der Waals surface area contributed by atoms with Crippen LogP contribution in [0, 0.1) is 0 Å². The quantitative estimate of drug-likeness (QED) is 0.554. The van der Waals surface area contributed by atoms with Crippen LogP contribution in [0.1, 0.15) is 25.7 Å². The third-order valence-electron chi connectivity index (χ3n) is 5.25. The molecule has 0 saturated heterocycles. The molecule has 0 bridgehead atoms. The average molecular weight is 399 g/mol. The van der Waals surface area contributed by atoms with Crippen LogP contribution in [0.25, 0.3) is 22.4 Å². The first-order valence-corrected chi connectivity index (χ1v) is 9.51. The average Bonchev–Trinajstić information content (AvgIpc) is 3.35. The molecule has 4 aromatic heterocycles. The van der Waals surface area contributed by atoms with Gasteiger partial charge >= 0.3 is 6.61 Å². The number of hydrogen-bond donors (Lipinski definition) is 1. The zero-order chi connectivity index (χ0) is 19.8. The van der Waals surface area contributed by atoms with Crippen molar-refractivity contribution in [2.45, 2.75) is 44.4 Å².